The number of benzene rings is 1. The molecule has 1 N–H and O–H groups in total. The second-order valence-electron chi connectivity index (χ2n) is 5.71. The number of aromatic nitrogens is 4. The third kappa shape index (κ3) is 2.70. The molecule has 3 rings (SSSR count). The summed E-state index contributed by atoms with van der Waals surface area (Å²) in [6.45, 7) is 1.48. The van der Waals surface area contributed by atoms with Crippen molar-refractivity contribution in [3.63, 3.8) is 0 Å². The molecule has 2 aromatic heterocycles. The third-order valence-corrected chi connectivity index (χ3v) is 3.90. The Kier molecular flexibility index (Phi) is 3.82. The van der Waals surface area contributed by atoms with Gasteiger partial charge in [0.1, 0.15) is 0 Å². The first-order valence-corrected chi connectivity index (χ1v) is 7.27. The van der Waals surface area contributed by atoms with E-state index in [0.29, 0.717) is 5.56 Å². The van der Waals surface area contributed by atoms with E-state index in [2.05, 4.69) is 9.97 Å². The minimum Gasteiger partial charge on any atom is -0.318 e. The average molecular weight is 367 g/mol. The van der Waals surface area contributed by atoms with Gasteiger partial charge in [-0.25, -0.2) is 14.8 Å². The molecule has 0 aliphatic heterocycles. The van der Waals surface area contributed by atoms with Gasteiger partial charge in [0.05, 0.1) is 11.0 Å². The van der Waals surface area contributed by atoms with Gasteiger partial charge in [0.25, 0.3) is 5.56 Å². The number of aryl methyl sites for hydroxylation is 2. The molecular weight excluding hydrogens is 355 g/mol. The van der Waals surface area contributed by atoms with Crippen LogP contribution < -0.4 is 16.6 Å². The Hall–Kier alpha value is -3.24. The number of anilines is 1. The molecule has 1 aromatic carbocycles. The van der Waals surface area contributed by atoms with E-state index in [1.165, 1.54) is 33.2 Å². The monoisotopic (exact) mass is 367 g/mol. The van der Waals surface area contributed by atoms with E-state index in [4.69, 9.17) is 0 Å². The van der Waals surface area contributed by atoms with Crippen LogP contribution in [0, 0.1) is 6.92 Å². The van der Waals surface area contributed by atoms with Crippen LogP contribution in [0.2, 0.25) is 0 Å². The van der Waals surface area contributed by atoms with Crippen molar-refractivity contribution in [2.24, 2.45) is 14.1 Å². The molecule has 3 aromatic rings. The molecule has 0 unspecified atom stereocenters. The number of halogens is 3. The van der Waals surface area contributed by atoms with Crippen molar-refractivity contribution in [2.45, 2.75) is 13.1 Å². The van der Waals surface area contributed by atoms with Gasteiger partial charge in [0.15, 0.2) is 11.2 Å². The highest BCUT2D eigenvalue weighted by molar-refractivity contribution is 5.98. The van der Waals surface area contributed by atoms with Gasteiger partial charge < -0.3 is 5.32 Å². The smallest absolute Gasteiger partial charge is 0.318 e. The Bertz CT molecular complexity index is 1190. The summed E-state index contributed by atoms with van der Waals surface area (Å²) in [5, 5.41) is 1.77. The summed E-state index contributed by atoms with van der Waals surface area (Å²) in [5.41, 5.74) is -0.720. The van der Waals surface area contributed by atoms with Gasteiger partial charge >= 0.3 is 17.8 Å². The topological polar surface area (TPSA) is 98.9 Å². The predicted molar refractivity (Wildman–Crippen MR) is 86.9 cm³/mol. The highest BCUT2D eigenvalue weighted by Gasteiger charge is 2.38. The minimum atomic E-state index is -5.04. The standard InChI is InChI=1S/C15H12F3N5O3/c1-6-4-8-9(5-7(6)21-13(25)15(16,17)18)20-11-10(19-8)12(24)23(3)14(26)22(11)2/h4-5H,1-3H3,(H,21,25). The fourth-order valence-corrected chi connectivity index (χ4v) is 2.46. The minimum absolute atomic E-state index is 0.0115. The summed E-state index contributed by atoms with van der Waals surface area (Å²) in [6.07, 6.45) is -5.04. The molecule has 0 saturated carbocycles. The Labute approximate surface area is 142 Å². The first kappa shape index (κ1) is 17.6. The number of amides is 1. The van der Waals surface area contributed by atoms with Crippen LogP contribution in [-0.4, -0.2) is 31.2 Å². The van der Waals surface area contributed by atoms with Crippen molar-refractivity contribution < 1.29 is 18.0 Å². The van der Waals surface area contributed by atoms with Crippen LogP contribution in [0.1, 0.15) is 5.56 Å². The van der Waals surface area contributed by atoms with Crippen LogP contribution in [0.25, 0.3) is 22.2 Å². The first-order valence-electron chi connectivity index (χ1n) is 7.27. The lowest BCUT2D eigenvalue weighted by Gasteiger charge is -2.12. The van der Waals surface area contributed by atoms with Crippen molar-refractivity contribution in [3.05, 3.63) is 38.5 Å². The van der Waals surface area contributed by atoms with Gasteiger partial charge in [-0.15, -0.1) is 0 Å². The molecule has 1 amide bonds. The van der Waals surface area contributed by atoms with E-state index in [9.17, 15) is 27.6 Å². The molecule has 0 aliphatic rings. The molecule has 0 fully saturated rings. The van der Waals surface area contributed by atoms with Crippen LogP contribution >= 0.6 is 0 Å². The van der Waals surface area contributed by atoms with E-state index in [-0.39, 0.29) is 27.9 Å². The molecule has 136 valence electrons. The fourth-order valence-electron chi connectivity index (χ4n) is 2.46. The molecule has 0 atom stereocenters. The van der Waals surface area contributed by atoms with Crippen LogP contribution in [0.4, 0.5) is 18.9 Å². The lowest BCUT2D eigenvalue weighted by Crippen LogP contribution is -2.37. The molecule has 8 nitrogen and oxygen atoms in total. The van der Waals surface area contributed by atoms with Crippen LogP contribution in [0.5, 0.6) is 0 Å². The van der Waals surface area contributed by atoms with Crippen molar-refractivity contribution in [3.8, 4) is 0 Å². The van der Waals surface area contributed by atoms with Crippen molar-refractivity contribution in [1.29, 1.82) is 0 Å². The molecule has 0 spiro atoms. The van der Waals surface area contributed by atoms with E-state index in [0.717, 1.165) is 9.13 Å². The summed E-state index contributed by atoms with van der Waals surface area (Å²) in [6, 6.07) is 2.61. The molecule has 26 heavy (non-hydrogen) atoms. The maximum atomic E-state index is 12.5. The molecular formula is C15H12F3N5O3. The lowest BCUT2D eigenvalue weighted by molar-refractivity contribution is -0.167. The number of nitrogens with zero attached hydrogens (tertiary/aromatic N) is 4. The van der Waals surface area contributed by atoms with Crippen LogP contribution in [0.3, 0.4) is 0 Å². The van der Waals surface area contributed by atoms with Gasteiger partial charge in [-0.1, -0.05) is 0 Å². The number of nitrogens with one attached hydrogen (secondary N) is 1. The Morgan fingerprint density at radius 3 is 2.31 bits per heavy atom. The number of hydrogen-bond donors (Lipinski definition) is 1. The van der Waals surface area contributed by atoms with E-state index < -0.39 is 23.3 Å². The number of carbonyl (C=O) groups excluding carboxylic acids is 1. The van der Waals surface area contributed by atoms with E-state index in [1.807, 2.05) is 0 Å². The summed E-state index contributed by atoms with van der Waals surface area (Å²) < 4.78 is 39.4. The van der Waals surface area contributed by atoms with Gasteiger partial charge in [-0.3, -0.25) is 18.7 Å². The van der Waals surface area contributed by atoms with Crippen LogP contribution in [-0.2, 0) is 18.9 Å². The lowest BCUT2D eigenvalue weighted by atomic mass is 10.1. The van der Waals surface area contributed by atoms with Gasteiger partial charge in [-0.2, -0.15) is 13.2 Å². The Morgan fingerprint density at radius 2 is 1.69 bits per heavy atom. The summed E-state index contributed by atoms with van der Waals surface area (Å²) in [4.78, 5) is 43.7. The SMILES string of the molecule is Cc1cc2nc3c(=O)n(C)c(=O)n(C)c3nc2cc1NC(=O)C(F)(F)F. The number of carbonyl (C=O) groups is 1. The first-order chi connectivity index (χ1) is 12.0. The average Bonchev–Trinajstić information content (AvgIpc) is 2.56. The molecule has 0 aliphatic carbocycles. The van der Waals surface area contributed by atoms with Crippen molar-refractivity contribution in [1.82, 2.24) is 19.1 Å². The zero-order valence-corrected chi connectivity index (χ0v) is 13.8. The molecule has 0 saturated heterocycles. The highest BCUT2D eigenvalue weighted by atomic mass is 19.4. The summed E-state index contributed by atoms with van der Waals surface area (Å²) in [7, 11) is 2.70. The number of fused-ring (bicyclic) bond motifs is 2. The highest BCUT2D eigenvalue weighted by Crippen LogP contribution is 2.25. The van der Waals surface area contributed by atoms with Gasteiger partial charge in [0.2, 0.25) is 0 Å². The molecule has 2 heterocycles. The molecule has 11 heteroatoms. The van der Waals surface area contributed by atoms with E-state index in [1.54, 1.807) is 5.32 Å². The zero-order chi connectivity index (χ0) is 19.4. The van der Waals surface area contributed by atoms with Gasteiger partial charge in [0, 0.05) is 19.8 Å². The largest absolute Gasteiger partial charge is 0.471 e. The molecule has 0 radical (unpaired) electrons. The maximum absolute atomic E-state index is 12.5. The summed E-state index contributed by atoms with van der Waals surface area (Å²) in [5.74, 6) is -2.12. The second kappa shape index (κ2) is 5.64. The van der Waals surface area contributed by atoms with Crippen LogP contribution in [0.15, 0.2) is 21.7 Å². The number of alkyl halides is 3. The summed E-state index contributed by atoms with van der Waals surface area (Å²) >= 11 is 0. The maximum Gasteiger partial charge on any atom is 0.471 e. The normalized spacial score (nSPS) is 11.9. The number of hydrogen-bond acceptors (Lipinski definition) is 5. The Balaban J connectivity index is 2.28. The molecule has 0 bridgehead atoms. The fraction of sp³-hybridized carbons (Fsp3) is 0.267. The van der Waals surface area contributed by atoms with E-state index >= 15 is 0 Å². The zero-order valence-electron chi connectivity index (χ0n) is 13.8. The van der Waals surface area contributed by atoms with Gasteiger partial charge in [-0.05, 0) is 24.6 Å². The Morgan fingerprint density at radius 1 is 1.08 bits per heavy atom. The van der Waals surface area contributed by atoms with Crippen molar-refractivity contribution >= 4 is 33.8 Å². The van der Waals surface area contributed by atoms with Crippen molar-refractivity contribution in [2.75, 3.05) is 5.32 Å². The quantitative estimate of drug-likeness (QED) is 0.647. The second-order valence-corrected chi connectivity index (χ2v) is 5.71. The third-order valence-electron chi connectivity index (χ3n) is 3.90. The predicted octanol–water partition coefficient (Wildman–Crippen LogP) is 0.990. The number of rotatable bonds is 1.